The minimum Gasteiger partial charge on any atom is -0.411 e. The summed E-state index contributed by atoms with van der Waals surface area (Å²) in [6.07, 6.45) is 0. The average molecular weight is 77.0 g/mol. The summed E-state index contributed by atoms with van der Waals surface area (Å²) in [4.78, 5) is 0. The van der Waals surface area contributed by atoms with E-state index in [9.17, 15) is 0 Å². The number of nitrogens with zero attached hydrogens (tertiary/aromatic N) is 1. The molecule has 1 N–H and O–H groups in total. The summed E-state index contributed by atoms with van der Waals surface area (Å²) < 4.78 is 0. The van der Waals surface area contributed by atoms with Gasteiger partial charge in [0.1, 0.15) is 0 Å². The lowest BCUT2D eigenvalue weighted by molar-refractivity contribution is 0.323. The first-order valence-electron chi connectivity index (χ1n) is 0.792. The first-order chi connectivity index (χ1) is 1.91. The standard InChI is InChI=1S/CH4NOP/c3-2-1-4/h1,3H,4H2. The van der Waals surface area contributed by atoms with Gasteiger partial charge in [-0.05, 0) is 0 Å². The van der Waals surface area contributed by atoms with Crippen LogP contribution < -0.4 is 0 Å². The second kappa shape index (κ2) is 2.90. The van der Waals surface area contributed by atoms with Crippen LogP contribution in [0.25, 0.3) is 0 Å². The zero-order valence-electron chi connectivity index (χ0n) is 2.05. The zero-order chi connectivity index (χ0) is 3.41. The minimum atomic E-state index is 1.22. The van der Waals surface area contributed by atoms with Gasteiger partial charge in [0.25, 0.3) is 0 Å². The molecule has 0 aromatic carbocycles. The lowest BCUT2D eigenvalue weighted by atomic mass is 11.7. The largest absolute Gasteiger partial charge is 0.411 e. The Hall–Kier alpha value is -0.100. The smallest absolute Gasteiger partial charge is 0.0604 e. The van der Waals surface area contributed by atoms with Crippen LogP contribution in [0.15, 0.2) is 5.16 Å². The molecule has 4 heavy (non-hydrogen) atoms. The highest BCUT2D eigenvalue weighted by Crippen LogP contribution is 1.61. The second-order valence-corrected chi connectivity index (χ2v) is 0.563. The van der Waals surface area contributed by atoms with Gasteiger partial charge in [0.05, 0.1) is 5.96 Å². The van der Waals surface area contributed by atoms with Gasteiger partial charge in [0, 0.05) is 0 Å². The Bertz CT molecular complexity index is 23.2. The van der Waals surface area contributed by atoms with E-state index in [0.717, 1.165) is 0 Å². The summed E-state index contributed by atoms with van der Waals surface area (Å²) in [6, 6.07) is 0. The van der Waals surface area contributed by atoms with Gasteiger partial charge in [0.15, 0.2) is 0 Å². The van der Waals surface area contributed by atoms with E-state index in [1.54, 1.807) is 0 Å². The zero-order valence-corrected chi connectivity index (χ0v) is 3.20. The molecule has 0 bridgehead atoms. The van der Waals surface area contributed by atoms with E-state index in [1.165, 1.54) is 5.96 Å². The number of hydrogen-bond donors (Lipinski definition) is 1. The maximum atomic E-state index is 7.42. The van der Waals surface area contributed by atoms with Crippen molar-refractivity contribution in [2.24, 2.45) is 5.16 Å². The van der Waals surface area contributed by atoms with Gasteiger partial charge in [-0.1, -0.05) is 14.4 Å². The molecule has 0 spiro atoms. The van der Waals surface area contributed by atoms with Gasteiger partial charge in [-0.2, -0.15) is 0 Å². The van der Waals surface area contributed by atoms with Gasteiger partial charge in [0.2, 0.25) is 0 Å². The number of rotatable bonds is 0. The molecule has 0 rings (SSSR count). The van der Waals surface area contributed by atoms with Crippen LogP contribution in [0.3, 0.4) is 0 Å². The predicted molar refractivity (Wildman–Crippen MR) is 20.0 cm³/mol. The molecule has 0 aliphatic rings. The van der Waals surface area contributed by atoms with Crippen molar-refractivity contribution < 1.29 is 5.21 Å². The fourth-order valence-corrected chi connectivity index (χ4v) is 0. The summed E-state index contributed by atoms with van der Waals surface area (Å²) in [5.41, 5.74) is 0. The first-order valence-corrected chi connectivity index (χ1v) is 1.46. The Morgan fingerprint density at radius 3 is 2.25 bits per heavy atom. The van der Waals surface area contributed by atoms with Gasteiger partial charge in [-0.15, -0.1) is 0 Å². The molecule has 0 radical (unpaired) electrons. The van der Waals surface area contributed by atoms with Crippen molar-refractivity contribution in [2.75, 3.05) is 0 Å². The van der Waals surface area contributed by atoms with Gasteiger partial charge in [-0.3, -0.25) is 0 Å². The summed E-state index contributed by atoms with van der Waals surface area (Å²) in [6.45, 7) is 0. The van der Waals surface area contributed by atoms with E-state index < -0.39 is 0 Å². The Kier molecular flexibility index (Phi) is 2.83. The molecule has 0 fully saturated rings. The molecule has 3 heteroatoms. The molecule has 0 saturated carbocycles. The first kappa shape index (κ1) is 3.90. The molecule has 1 unspecified atom stereocenters. The van der Waals surface area contributed by atoms with Crippen LogP contribution in [0.2, 0.25) is 0 Å². The second-order valence-electron chi connectivity index (χ2n) is 0.265. The quantitative estimate of drug-likeness (QED) is 0.191. The highest BCUT2D eigenvalue weighted by molar-refractivity contribution is 7.36. The third-order valence-electron chi connectivity index (χ3n) is 0.0667. The van der Waals surface area contributed by atoms with Crippen LogP contribution in [0, 0.1) is 0 Å². The van der Waals surface area contributed by atoms with Crippen molar-refractivity contribution in [3.05, 3.63) is 0 Å². The molecule has 24 valence electrons. The summed E-state index contributed by atoms with van der Waals surface area (Å²) >= 11 is 0. The van der Waals surface area contributed by atoms with Crippen molar-refractivity contribution >= 4 is 15.2 Å². The van der Waals surface area contributed by atoms with Crippen molar-refractivity contribution in [1.29, 1.82) is 0 Å². The maximum Gasteiger partial charge on any atom is 0.0604 e. The van der Waals surface area contributed by atoms with E-state index in [-0.39, 0.29) is 0 Å². The fourth-order valence-electron chi connectivity index (χ4n) is 0. The Morgan fingerprint density at radius 2 is 2.25 bits per heavy atom. The van der Waals surface area contributed by atoms with Crippen molar-refractivity contribution in [2.45, 2.75) is 0 Å². The number of oxime groups is 1. The molecule has 0 saturated heterocycles. The van der Waals surface area contributed by atoms with Crippen LogP contribution in [0.5, 0.6) is 0 Å². The van der Waals surface area contributed by atoms with E-state index in [1.807, 2.05) is 0 Å². The van der Waals surface area contributed by atoms with Crippen LogP contribution >= 0.6 is 9.24 Å². The van der Waals surface area contributed by atoms with Gasteiger partial charge in [-0.25, -0.2) is 0 Å². The topological polar surface area (TPSA) is 32.6 Å². The van der Waals surface area contributed by atoms with E-state index in [2.05, 4.69) is 14.4 Å². The number of hydrogen-bond acceptors (Lipinski definition) is 2. The molecular weight excluding hydrogens is 73.0 g/mol. The molecule has 1 atom stereocenters. The SMILES string of the molecule is ON=CP. The predicted octanol–water partition coefficient (Wildman–Crippen LogP) is 0.279. The van der Waals surface area contributed by atoms with Crippen LogP contribution in [0.4, 0.5) is 0 Å². The highest BCUT2D eigenvalue weighted by atomic mass is 31.0. The van der Waals surface area contributed by atoms with E-state index >= 15 is 0 Å². The van der Waals surface area contributed by atoms with Crippen LogP contribution in [-0.4, -0.2) is 11.2 Å². The Morgan fingerprint density at radius 1 is 2.00 bits per heavy atom. The van der Waals surface area contributed by atoms with E-state index in [4.69, 9.17) is 5.21 Å². The van der Waals surface area contributed by atoms with E-state index in [0.29, 0.717) is 0 Å². The summed E-state index contributed by atoms with van der Waals surface area (Å²) in [5.74, 6) is 1.22. The third-order valence-corrected chi connectivity index (χ3v) is 0.200. The summed E-state index contributed by atoms with van der Waals surface area (Å²) in [5, 5.41) is 10.00. The average Bonchev–Trinajstić information content (AvgIpc) is 1.37. The summed E-state index contributed by atoms with van der Waals surface area (Å²) in [7, 11) is 2.11. The molecule has 2 nitrogen and oxygen atoms in total. The lowest BCUT2D eigenvalue weighted by Crippen LogP contribution is -1.42. The Labute approximate surface area is 26.7 Å². The molecule has 0 heterocycles. The normalized spacial score (nSPS) is 9.25. The van der Waals surface area contributed by atoms with Crippen LogP contribution in [-0.2, 0) is 0 Å². The molecule has 0 aliphatic heterocycles. The maximum absolute atomic E-state index is 7.42. The molecule has 0 aliphatic carbocycles. The molecular formula is CH4NOP. The minimum absolute atomic E-state index is 1.22. The third kappa shape index (κ3) is 1.90. The van der Waals surface area contributed by atoms with Gasteiger partial charge >= 0.3 is 0 Å². The lowest BCUT2D eigenvalue weighted by Gasteiger charge is -1.54. The van der Waals surface area contributed by atoms with Crippen molar-refractivity contribution in [3.8, 4) is 0 Å². The Balaban J connectivity index is 2.55. The van der Waals surface area contributed by atoms with Crippen molar-refractivity contribution in [3.63, 3.8) is 0 Å². The van der Waals surface area contributed by atoms with Crippen LogP contribution in [0.1, 0.15) is 0 Å². The molecule has 0 aromatic heterocycles. The van der Waals surface area contributed by atoms with Crippen molar-refractivity contribution in [1.82, 2.24) is 0 Å². The highest BCUT2D eigenvalue weighted by Gasteiger charge is 1.34. The monoisotopic (exact) mass is 77.0 g/mol. The van der Waals surface area contributed by atoms with Gasteiger partial charge < -0.3 is 5.21 Å². The molecule has 0 aromatic rings. The fraction of sp³-hybridized carbons (Fsp3) is 0. The molecule has 0 amide bonds.